The lowest BCUT2D eigenvalue weighted by Gasteiger charge is -2.30. The second-order valence-corrected chi connectivity index (χ2v) is 6.44. The molecule has 1 fully saturated rings. The Kier molecular flexibility index (Phi) is 6.54. The third kappa shape index (κ3) is 5.01. The van der Waals surface area contributed by atoms with Gasteiger partial charge in [-0.15, -0.1) is 0 Å². The summed E-state index contributed by atoms with van der Waals surface area (Å²) in [7, 11) is 3.08. The van der Waals surface area contributed by atoms with E-state index < -0.39 is 0 Å². The number of carbonyl (C=O) groups is 1. The van der Waals surface area contributed by atoms with Crippen LogP contribution in [0.1, 0.15) is 26.2 Å². The quantitative estimate of drug-likeness (QED) is 0.862. The fourth-order valence-electron chi connectivity index (χ4n) is 2.92. The van der Waals surface area contributed by atoms with Crippen molar-refractivity contribution in [3.8, 4) is 11.5 Å². The number of benzene rings is 1. The normalized spacial score (nSPS) is 18.5. The first-order chi connectivity index (χ1) is 11.0. The number of halogens is 1. The molecule has 0 bridgehead atoms. The summed E-state index contributed by atoms with van der Waals surface area (Å²) in [5.41, 5.74) is 0.575. The second-order valence-electron chi connectivity index (χ2n) is 6.03. The lowest BCUT2D eigenvalue weighted by molar-refractivity contribution is -0.116. The monoisotopic (exact) mass is 340 g/mol. The van der Waals surface area contributed by atoms with Crippen molar-refractivity contribution in [1.82, 2.24) is 4.90 Å². The molecule has 2 rings (SSSR count). The highest BCUT2D eigenvalue weighted by Gasteiger charge is 2.18. The Balaban J connectivity index is 1.94. The number of rotatable bonds is 6. The van der Waals surface area contributed by atoms with Crippen LogP contribution < -0.4 is 14.8 Å². The van der Waals surface area contributed by atoms with Crippen LogP contribution in [0, 0.1) is 5.92 Å². The molecule has 1 unspecified atom stereocenters. The maximum absolute atomic E-state index is 12.2. The van der Waals surface area contributed by atoms with Crippen LogP contribution in [0.15, 0.2) is 12.1 Å². The van der Waals surface area contributed by atoms with Crippen LogP contribution >= 0.6 is 11.6 Å². The molecule has 1 aromatic rings. The van der Waals surface area contributed by atoms with E-state index in [-0.39, 0.29) is 5.91 Å². The third-order valence-electron chi connectivity index (χ3n) is 4.14. The summed E-state index contributed by atoms with van der Waals surface area (Å²) in [5, 5.41) is 3.33. The van der Waals surface area contributed by atoms with E-state index in [1.165, 1.54) is 20.0 Å². The number of hydrogen-bond donors (Lipinski definition) is 1. The molecule has 1 heterocycles. The molecule has 1 amide bonds. The summed E-state index contributed by atoms with van der Waals surface area (Å²) in [5.74, 6) is 1.71. The highest BCUT2D eigenvalue weighted by molar-refractivity contribution is 6.32. The van der Waals surface area contributed by atoms with Crippen molar-refractivity contribution in [3.05, 3.63) is 17.2 Å². The van der Waals surface area contributed by atoms with Gasteiger partial charge in [-0.1, -0.05) is 18.5 Å². The van der Waals surface area contributed by atoms with Crippen LogP contribution in [-0.4, -0.2) is 44.7 Å². The van der Waals surface area contributed by atoms with E-state index in [4.69, 9.17) is 21.1 Å². The maximum Gasteiger partial charge on any atom is 0.225 e. The SMILES string of the molecule is COc1cc(NC(=O)CCN2CCCC(C)C2)c(OC)cc1Cl. The molecule has 1 aromatic carbocycles. The predicted octanol–water partition coefficient (Wildman–Crippen LogP) is 3.42. The van der Waals surface area contributed by atoms with Gasteiger partial charge in [0.25, 0.3) is 0 Å². The summed E-state index contributed by atoms with van der Waals surface area (Å²) >= 11 is 6.07. The van der Waals surface area contributed by atoms with Crippen molar-refractivity contribution < 1.29 is 14.3 Å². The molecule has 1 N–H and O–H groups in total. The summed E-state index contributed by atoms with van der Waals surface area (Å²) in [6.45, 7) is 5.20. The smallest absolute Gasteiger partial charge is 0.225 e. The molecule has 23 heavy (non-hydrogen) atoms. The fourth-order valence-corrected chi connectivity index (χ4v) is 3.15. The molecular weight excluding hydrogens is 316 g/mol. The maximum atomic E-state index is 12.2. The third-order valence-corrected chi connectivity index (χ3v) is 4.44. The number of piperidine rings is 1. The molecular formula is C17H25ClN2O3. The summed E-state index contributed by atoms with van der Waals surface area (Å²) < 4.78 is 10.5. The van der Waals surface area contributed by atoms with E-state index in [2.05, 4.69) is 17.1 Å². The van der Waals surface area contributed by atoms with Gasteiger partial charge in [0.15, 0.2) is 0 Å². The van der Waals surface area contributed by atoms with E-state index in [1.807, 2.05) is 0 Å². The minimum Gasteiger partial charge on any atom is -0.495 e. The van der Waals surface area contributed by atoms with Crippen LogP contribution in [0.5, 0.6) is 11.5 Å². The first-order valence-corrected chi connectivity index (χ1v) is 8.35. The highest BCUT2D eigenvalue weighted by atomic mass is 35.5. The first-order valence-electron chi connectivity index (χ1n) is 7.97. The molecule has 1 aliphatic heterocycles. The Morgan fingerprint density at radius 2 is 2.09 bits per heavy atom. The molecule has 1 aliphatic rings. The summed E-state index contributed by atoms with van der Waals surface area (Å²) in [4.78, 5) is 14.6. The molecule has 0 aliphatic carbocycles. The number of methoxy groups -OCH3 is 2. The molecule has 0 aromatic heterocycles. The zero-order valence-electron chi connectivity index (χ0n) is 14.0. The van der Waals surface area contributed by atoms with Crippen molar-refractivity contribution in [2.75, 3.05) is 39.2 Å². The number of hydrogen-bond acceptors (Lipinski definition) is 4. The van der Waals surface area contributed by atoms with Crippen LogP contribution in [0.3, 0.4) is 0 Å². The second kappa shape index (κ2) is 8.41. The largest absolute Gasteiger partial charge is 0.495 e. The van der Waals surface area contributed by atoms with Gasteiger partial charge in [0.1, 0.15) is 11.5 Å². The zero-order valence-corrected chi connectivity index (χ0v) is 14.8. The molecule has 0 saturated carbocycles. The van der Waals surface area contributed by atoms with Gasteiger partial charge >= 0.3 is 0 Å². The Labute approximate surface area is 142 Å². The van der Waals surface area contributed by atoms with Crippen molar-refractivity contribution >= 4 is 23.2 Å². The first kappa shape index (κ1) is 17.9. The summed E-state index contributed by atoms with van der Waals surface area (Å²) in [6.07, 6.45) is 2.95. The van der Waals surface area contributed by atoms with Gasteiger partial charge in [0.05, 0.1) is 24.9 Å². The number of likely N-dealkylation sites (tertiary alicyclic amines) is 1. The standard InChI is InChI=1S/C17H25ClN2O3/c1-12-5-4-7-20(11-12)8-6-17(21)19-14-10-15(22-2)13(18)9-16(14)23-3/h9-10,12H,4-8,11H2,1-3H3,(H,19,21). The lowest BCUT2D eigenvalue weighted by Crippen LogP contribution is -2.36. The average Bonchev–Trinajstić information content (AvgIpc) is 2.54. The number of nitrogens with zero attached hydrogens (tertiary/aromatic N) is 1. The fraction of sp³-hybridized carbons (Fsp3) is 0.588. The molecule has 5 nitrogen and oxygen atoms in total. The van der Waals surface area contributed by atoms with Gasteiger partial charge in [-0.2, -0.15) is 0 Å². The van der Waals surface area contributed by atoms with E-state index in [1.54, 1.807) is 19.2 Å². The van der Waals surface area contributed by atoms with Gasteiger partial charge in [-0.25, -0.2) is 0 Å². The van der Waals surface area contributed by atoms with Crippen LogP contribution in [-0.2, 0) is 4.79 Å². The molecule has 0 spiro atoms. The minimum atomic E-state index is -0.0362. The van der Waals surface area contributed by atoms with E-state index in [0.29, 0.717) is 34.5 Å². The summed E-state index contributed by atoms with van der Waals surface area (Å²) in [6, 6.07) is 3.32. The topological polar surface area (TPSA) is 50.8 Å². The number of ether oxygens (including phenoxy) is 2. The average molecular weight is 341 g/mol. The highest BCUT2D eigenvalue weighted by Crippen LogP contribution is 2.35. The molecule has 1 saturated heterocycles. The van der Waals surface area contributed by atoms with Crippen molar-refractivity contribution in [1.29, 1.82) is 0 Å². The Morgan fingerprint density at radius 3 is 2.74 bits per heavy atom. The van der Waals surface area contributed by atoms with E-state index in [9.17, 15) is 4.79 Å². The lowest BCUT2D eigenvalue weighted by atomic mass is 10.0. The van der Waals surface area contributed by atoms with Crippen molar-refractivity contribution in [3.63, 3.8) is 0 Å². The number of amides is 1. The van der Waals surface area contributed by atoms with Gasteiger partial charge in [-0.3, -0.25) is 4.79 Å². The molecule has 0 radical (unpaired) electrons. The number of carbonyl (C=O) groups excluding carboxylic acids is 1. The van der Waals surface area contributed by atoms with Crippen molar-refractivity contribution in [2.24, 2.45) is 5.92 Å². The Morgan fingerprint density at radius 1 is 1.35 bits per heavy atom. The van der Waals surface area contributed by atoms with Crippen LogP contribution in [0.2, 0.25) is 5.02 Å². The molecule has 1 atom stereocenters. The Hall–Kier alpha value is -1.46. The Bertz CT molecular complexity index is 551. The van der Waals surface area contributed by atoms with Gasteiger partial charge in [-0.05, 0) is 25.3 Å². The van der Waals surface area contributed by atoms with E-state index >= 15 is 0 Å². The van der Waals surface area contributed by atoms with Crippen LogP contribution in [0.25, 0.3) is 0 Å². The van der Waals surface area contributed by atoms with Crippen molar-refractivity contribution in [2.45, 2.75) is 26.2 Å². The zero-order chi connectivity index (χ0) is 16.8. The molecule has 6 heteroatoms. The number of nitrogens with one attached hydrogen (secondary N) is 1. The number of anilines is 1. The minimum absolute atomic E-state index is 0.0362. The van der Waals surface area contributed by atoms with Gasteiger partial charge < -0.3 is 19.7 Å². The molecule has 128 valence electrons. The van der Waals surface area contributed by atoms with E-state index in [0.717, 1.165) is 19.6 Å². The predicted molar refractivity (Wildman–Crippen MR) is 92.6 cm³/mol. The van der Waals surface area contributed by atoms with Crippen LogP contribution in [0.4, 0.5) is 5.69 Å². The van der Waals surface area contributed by atoms with Gasteiger partial charge in [0, 0.05) is 31.6 Å². The van der Waals surface area contributed by atoms with Gasteiger partial charge in [0.2, 0.25) is 5.91 Å².